The van der Waals surface area contributed by atoms with Gasteiger partial charge in [-0.15, -0.1) is 11.3 Å². The van der Waals surface area contributed by atoms with Crippen LogP contribution in [0.1, 0.15) is 12.0 Å². The standard InChI is InChI=1S/C23H21N3O4S/c1-28-20-4-2-5-21(15-20)30-12-3-11-29-19-8-6-17(7-9-19)14-18(16-24)22(27)26-23-25-10-13-31-23/h2,4-10,13-15H,3,11-12H2,1H3,(H,25,26,27). The van der Waals surface area contributed by atoms with E-state index in [0.29, 0.717) is 30.5 Å². The first-order valence-corrected chi connectivity index (χ1v) is 10.4. The van der Waals surface area contributed by atoms with Crippen LogP contribution in [0.4, 0.5) is 5.13 Å². The van der Waals surface area contributed by atoms with Gasteiger partial charge in [-0.1, -0.05) is 18.2 Å². The summed E-state index contributed by atoms with van der Waals surface area (Å²) >= 11 is 1.29. The Morgan fingerprint density at radius 3 is 2.55 bits per heavy atom. The molecule has 1 aromatic heterocycles. The molecule has 0 saturated carbocycles. The molecule has 8 heteroatoms. The molecule has 31 heavy (non-hydrogen) atoms. The fourth-order valence-electron chi connectivity index (χ4n) is 2.56. The zero-order valence-corrected chi connectivity index (χ0v) is 17.7. The van der Waals surface area contributed by atoms with Gasteiger partial charge in [0.05, 0.1) is 20.3 Å². The Hall–Kier alpha value is -3.83. The molecule has 0 fully saturated rings. The Morgan fingerprint density at radius 2 is 1.87 bits per heavy atom. The number of nitrogens with one attached hydrogen (secondary N) is 1. The molecule has 158 valence electrons. The Balaban J connectivity index is 1.45. The van der Waals surface area contributed by atoms with Crippen LogP contribution in [0.25, 0.3) is 6.08 Å². The van der Waals surface area contributed by atoms with E-state index in [-0.39, 0.29) is 5.57 Å². The van der Waals surface area contributed by atoms with Gasteiger partial charge in [0.15, 0.2) is 5.13 Å². The third kappa shape index (κ3) is 6.87. The molecule has 0 radical (unpaired) electrons. The van der Waals surface area contributed by atoms with E-state index in [9.17, 15) is 10.1 Å². The summed E-state index contributed by atoms with van der Waals surface area (Å²) in [6.07, 6.45) is 3.82. The van der Waals surface area contributed by atoms with Crippen molar-refractivity contribution in [3.8, 4) is 23.3 Å². The molecule has 3 rings (SSSR count). The lowest BCUT2D eigenvalue weighted by molar-refractivity contribution is -0.112. The van der Waals surface area contributed by atoms with Crippen molar-refractivity contribution in [2.24, 2.45) is 0 Å². The predicted molar refractivity (Wildman–Crippen MR) is 119 cm³/mol. The number of nitriles is 1. The minimum Gasteiger partial charge on any atom is -0.497 e. The van der Waals surface area contributed by atoms with Gasteiger partial charge in [0.2, 0.25) is 0 Å². The summed E-state index contributed by atoms with van der Waals surface area (Å²) < 4.78 is 16.6. The van der Waals surface area contributed by atoms with Crippen molar-refractivity contribution >= 4 is 28.5 Å². The van der Waals surface area contributed by atoms with Gasteiger partial charge < -0.3 is 14.2 Å². The summed E-state index contributed by atoms with van der Waals surface area (Å²) in [4.78, 5) is 16.2. The average Bonchev–Trinajstić information content (AvgIpc) is 3.31. The smallest absolute Gasteiger partial charge is 0.268 e. The Bertz CT molecular complexity index is 1060. The summed E-state index contributed by atoms with van der Waals surface area (Å²) in [5, 5.41) is 14.1. The van der Waals surface area contributed by atoms with E-state index in [2.05, 4.69) is 10.3 Å². The quantitative estimate of drug-likeness (QED) is 0.285. The zero-order valence-electron chi connectivity index (χ0n) is 16.9. The molecule has 1 heterocycles. The lowest BCUT2D eigenvalue weighted by Gasteiger charge is -2.09. The largest absolute Gasteiger partial charge is 0.497 e. The molecule has 3 aromatic rings. The first-order chi connectivity index (χ1) is 15.2. The Kier molecular flexibility index (Phi) is 8.03. The maximum absolute atomic E-state index is 12.2. The summed E-state index contributed by atoms with van der Waals surface area (Å²) in [6, 6.07) is 16.5. The number of hydrogen-bond acceptors (Lipinski definition) is 7. The third-order valence-electron chi connectivity index (χ3n) is 4.08. The molecule has 0 aliphatic rings. The van der Waals surface area contributed by atoms with E-state index in [1.54, 1.807) is 43.0 Å². The third-order valence-corrected chi connectivity index (χ3v) is 4.76. The first-order valence-electron chi connectivity index (χ1n) is 9.50. The topological polar surface area (TPSA) is 93.5 Å². The molecule has 0 atom stereocenters. The highest BCUT2D eigenvalue weighted by Crippen LogP contribution is 2.19. The second kappa shape index (κ2) is 11.4. The van der Waals surface area contributed by atoms with Crippen molar-refractivity contribution in [2.75, 3.05) is 25.6 Å². The number of carbonyl (C=O) groups is 1. The van der Waals surface area contributed by atoms with Gasteiger partial charge in [0.25, 0.3) is 5.91 Å². The molecular formula is C23H21N3O4S. The van der Waals surface area contributed by atoms with Gasteiger partial charge in [-0.25, -0.2) is 4.98 Å². The molecule has 0 aliphatic carbocycles. The fourth-order valence-corrected chi connectivity index (χ4v) is 3.08. The van der Waals surface area contributed by atoms with Crippen LogP contribution in [0.5, 0.6) is 17.2 Å². The maximum atomic E-state index is 12.2. The maximum Gasteiger partial charge on any atom is 0.268 e. The molecule has 0 bridgehead atoms. The number of thiazole rings is 1. The van der Waals surface area contributed by atoms with Crippen molar-refractivity contribution in [1.29, 1.82) is 5.26 Å². The summed E-state index contributed by atoms with van der Waals surface area (Å²) in [5.41, 5.74) is 0.720. The normalized spacial score (nSPS) is 10.8. The van der Waals surface area contributed by atoms with Gasteiger partial charge in [-0.05, 0) is 35.9 Å². The first kappa shape index (κ1) is 21.9. The van der Waals surface area contributed by atoms with Gasteiger partial charge in [0.1, 0.15) is 28.9 Å². The van der Waals surface area contributed by atoms with Crippen LogP contribution in [-0.2, 0) is 4.79 Å². The average molecular weight is 436 g/mol. The van der Waals surface area contributed by atoms with Crippen molar-refractivity contribution in [3.63, 3.8) is 0 Å². The molecule has 0 saturated heterocycles. The highest BCUT2D eigenvalue weighted by molar-refractivity contribution is 7.13. The number of hydrogen-bond donors (Lipinski definition) is 1. The molecule has 1 N–H and O–H groups in total. The van der Waals surface area contributed by atoms with Crippen molar-refractivity contribution < 1.29 is 19.0 Å². The Labute approximate surface area is 184 Å². The summed E-state index contributed by atoms with van der Waals surface area (Å²) in [6.45, 7) is 1.02. The van der Waals surface area contributed by atoms with Crippen LogP contribution in [0, 0.1) is 11.3 Å². The van der Waals surface area contributed by atoms with Crippen LogP contribution in [-0.4, -0.2) is 31.2 Å². The van der Waals surface area contributed by atoms with Crippen LogP contribution in [0.2, 0.25) is 0 Å². The summed E-state index contributed by atoms with van der Waals surface area (Å²) in [7, 11) is 1.62. The number of aromatic nitrogens is 1. The van der Waals surface area contributed by atoms with Gasteiger partial charge in [-0.3, -0.25) is 10.1 Å². The second-order valence-electron chi connectivity index (χ2n) is 6.26. The van der Waals surface area contributed by atoms with Crippen LogP contribution >= 0.6 is 11.3 Å². The minimum absolute atomic E-state index is 0.00133. The van der Waals surface area contributed by atoms with Crippen molar-refractivity contribution in [1.82, 2.24) is 4.98 Å². The SMILES string of the molecule is COc1cccc(OCCCOc2ccc(C=C(C#N)C(=O)Nc3nccs3)cc2)c1. The second-order valence-corrected chi connectivity index (χ2v) is 7.15. The predicted octanol–water partition coefficient (Wildman–Crippen LogP) is 4.55. The number of methoxy groups -OCH3 is 1. The van der Waals surface area contributed by atoms with Gasteiger partial charge >= 0.3 is 0 Å². The number of carbonyl (C=O) groups excluding carboxylic acids is 1. The molecule has 0 unspecified atom stereocenters. The number of ether oxygens (including phenoxy) is 3. The van der Waals surface area contributed by atoms with E-state index in [1.807, 2.05) is 30.3 Å². The minimum atomic E-state index is -0.492. The number of anilines is 1. The lowest BCUT2D eigenvalue weighted by atomic mass is 10.1. The van der Waals surface area contributed by atoms with E-state index < -0.39 is 5.91 Å². The van der Waals surface area contributed by atoms with E-state index >= 15 is 0 Å². The number of amides is 1. The van der Waals surface area contributed by atoms with Gasteiger partial charge in [0, 0.05) is 24.1 Å². The molecule has 1 amide bonds. The van der Waals surface area contributed by atoms with Crippen LogP contribution < -0.4 is 19.5 Å². The van der Waals surface area contributed by atoms with Crippen molar-refractivity contribution in [2.45, 2.75) is 6.42 Å². The van der Waals surface area contributed by atoms with E-state index in [4.69, 9.17) is 14.2 Å². The van der Waals surface area contributed by atoms with E-state index in [0.717, 1.165) is 17.1 Å². The van der Waals surface area contributed by atoms with Gasteiger partial charge in [-0.2, -0.15) is 5.26 Å². The zero-order chi connectivity index (χ0) is 21.9. The van der Waals surface area contributed by atoms with Crippen LogP contribution in [0.15, 0.2) is 65.7 Å². The number of benzene rings is 2. The lowest BCUT2D eigenvalue weighted by Crippen LogP contribution is -2.13. The number of rotatable bonds is 10. The molecule has 7 nitrogen and oxygen atoms in total. The molecule has 0 spiro atoms. The molecule has 2 aromatic carbocycles. The Morgan fingerprint density at radius 1 is 1.13 bits per heavy atom. The van der Waals surface area contributed by atoms with Crippen molar-refractivity contribution in [3.05, 3.63) is 71.2 Å². The van der Waals surface area contributed by atoms with E-state index in [1.165, 1.54) is 17.4 Å². The highest BCUT2D eigenvalue weighted by Gasteiger charge is 2.10. The summed E-state index contributed by atoms with van der Waals surface area (Å²) in [5.74, 6) is 1.71. The van der Waals surface area contributed by atoms with Crippen LogP contribution in [0.3, 0.4) is 0 Å². The molecular weight excluding hydrogens is 414 g/mol. The molecule has 0 aliphatic heterocycles. The highest BCUT2D eigenvalue weighted by atomic mass is 32.1. The number of nitrogens with zero attached hydrogens (tertiary/aromatic N) is 2. The fraction of sp³-hybridized carbons (Fsp3) is 0.174. The monoisotopic (exact) mass is 435 g/mol.